The number of carboxylic acid groups (broad SMARTS) is 1. The average molecular weight is 458 g/mol. The Bertz CT molecular complexity index is 1140. The SMILES string of the molecule is O=C(O)N1Cc2cc(Cl)ccc2-n2c(nnc2C2CCC(c3cccc(Cl)n3)CC2)C1. The van der Waals surface area contributed by atoms with Crippen LogP contribution < -0.4 is 0 Å². The maximum Gasteiger partial charge on any atom is 0.408 e. The zero-order chi connectivity index (χ0) is 21.5. The van der Waals surface area contributed by atoms with Crippen molar-refractivity contribution in [3.05, 3.63) is 69.5 Å². The monoisotopic (exact) mass is 457 g/mol. The first kappa shape index (κ1) is 20.3. The van der Waals surface area contributed by atoms with Gasteiger partial charge in [-0.25, -0.2) is 9.78 Å². The number of pyridine rings is 1. The van der Waals surface area contributed by atoms with Gasteiger partial charge in [0.1, 0.15) is 11.0 Å². The van der Waals surface area contributed by atoms with Gasteiger partial charge in [0.05, 0.1) is 18.8 Å². The van der Waals surface area contributed by atoms with Crippen LogP contribution in [0.5, 0.6) is 0 Å². The molecule has 1 aliphatic heterocycles. The van der Waals surface area contributed by atoms with Gasteiger partial charge in [0.25, 0.3) is 0 Å². The minimum Gasteiger partial charge on any atom is -0.465 e. The van der Waals surface area contributed by atoms with Gasteiger partial charge in [-0.2, -0.15) is 0 Å². The molecule has 31 heavy (non-hydrogen) atoms. The number of benzene rings is 1. The van der Waals surface area contributed by atoms with E-state index in [0.29, 0.717) is 21.9 Å². The first-order valence-electron chi connectivity index (χ1n) is 10.3. The van der Waals surface area contributed by atoms with Crippen LogP contribution in [-0.4, -0.2) is 35.8 Å². The zero-order valence-electron chi connectivity index (χ0n) is 16.7. The first-order chi connectivity index (χ1) is 15.0. The Kier molecular flexibility index (Phi) is 5.32. The summed E-state index contributed by atoms with van der Waals surface area (Å²) in [4.78, 5) is 17.6. The summed E-state index contributed by atoms with van der Waals surface area (Å²) in [6, 6.07) is 11.4. The van der Waals surface area contributed by atoms with Crippen molar-refractivity contribution in [3.63, 3.8) is 0 Å². The summed E-state index contributed by atoms with van der Waals surface area (Å²) in [6.07, 6.45) is 2.92. The van der Waals surface area contributed by atoms with Crippen molar-refractivity contribution in [2.75, 3.05) is 0 Å². The summed E-state index contributed by atoms with van der Waals surface area (Å²) in [5, 5.41) is 19.6. The van der Waals surface area contributed by atoms with Crippen LogP contribution in [0.1, 0.15) is 60.4 Å². The zero-order valence-corrected chi connectivity index (χ0v) is 18.2. The second-order valence-corrected chi connectivity index (χ2v) is 8.98. The van der Waals surface area contributed by atoms with E-state index in [0.717, 1.165) is 48.5 Å². The molecule has 1 amide bonds. The van der Waals surface area contributed by atoms with E-state index in [1.54, 1.807) is 6.07 Å². The second kappa shape index (κ2) is 8.13. The smallest absolute Gasteiger partial charge is 0.408 e. The molecular weight excluding hydrogens is 437 g/mol. The minimum atomic E-state index is -0.988. The van der Waals surface area contributed by atoms with Crippen LogP contribution in [0.25, 0.3) is 5.69 Å². The number of aromatic nitrogens is 4. The highest BCUT2D eigenvalue weighted by molar-refractivity contribution is 6.30. The molecule has 3 aromatic rings. The normalized spacial score (nSPS) is 20.6. The molecule has 1 aliphatic carbocycles. The Hall–Kier alpha value is -2.64. The molecule has 160 valence electrons. The Morgan fingerprint density at radius 1 is 1.00 bits per heavy atom. The number of hydrogen-bond donors (Lipinski definition) is 1. The maximum absolute atomic E-state index is 11.7. The summed E-state index contributed by atoms with van der Waals surface area (Å²) >= 11 is 12.3. The third-order valence-electron chi connectivity index (χ3n) is 6.25. The molecule has 5 rings (SSSR count). The van der Waals surface area contributed by atoms with E-state index in [-0.39, 0.29) is 19.0 Å². The number of hydrogen-bond acceptors (Lipinski definition) is 4. The fourth-order valence-corrected chi connectivity index (χ4v) is 5.09. The van der Waals surface area contributed by atoms with Crippen LogP contribution in [0.15, 0.2) is 36.4 Å². The van der Waals surface area contributed by atoms with Crippen LogP contribution in [0, 0.1) is 0 Å². The van der Waals surface area contributed by atoms with Gasteiger partial charge in [0.2, 0.25) is 0 Å². The van der Waals surface area contributed by atoms with Crippen molar-refractivity contribution in [3.8, 4) is 5.69 Å². The van der Waals surface area contributed by atoms with E-state index >= 15 is 0 Å². The first-order valence-corrected chi connectivity index (χ1v) is 11.1. The van der Waals surface area contributed by atoms with Crippen molar-refractivity contribution in [1.82, 2.24) is 24.6 Å². The van der Waals surface area contributed by atoms with Crippen LogP contribution in [0.4, 0.5) is 4.79 Å². The Labute approximate surface area is 189 Å². The average Bonchev–Trinajstić information content (AvgIpc) is 3.09. The number of rotatable bonds is 2. The van der Waals surface area contributed by atoms with E-state index in [9.17, 15) is 9.90 Å². The predicted molar refractivity (Wildman–Crippen MR) is 117 cm³/mol. The van der Waals surface area contributed by atoms with Gasteiger partial charge in [0, 0.05) is 22.6 Å². The molecule has 1 fully saturated rings. The molecule has 2 aliphatic rings. The van der Waals surface area contributed by atoms with Crippen molar-refractivity contribution in [1.29, 1.82) is 0 Å². The molecule has 0 unspecified atom stereocenters. The Morgan fingerprint density at radius 3 is 2.52 bits per heavy atom. The fraction of sp³-hybridized carbons (Fsp3) is 0.364. The summed E-state index contributed by atoms with van der Waals surface area (Å²) in [6.45, 7) is 0.456. The van der Waals surface area contributed by atoms with E-state index in [1.165, 1.54) is 4.90 Å². The third-order valence-corrected chi connectivity index (χ3v) is 6.69. The van der Waals surface area contributed by atoms with E-state index in [1.807, 2.05) is 34.9 Å². The highest BCUT2D eigenvalue weighted by Gasteiger charge is 2.32. The number of amides is 1. The van der Waals surface area contributed by atoms with Crippen molar-refractivity contribution in [2.24, 2.45) is 0 Å². The van der Waals surface area contributed by atoms with Gasteiger partial charge in [-0.05, 0) is 61.6 Å². The topological polar surface area (TPSA) is 84.1 Å². The van der Waals surface area contributed by atoms with Crippen molar-refractivity contribution >= 4 is 29.3 Å². The second-order valence-electron chi connectivity index (χ2n) is 8.16. The van der Waals surface area contributed by atoms with Gasteiger partial charge in [0.15, 0.2) is 5.82 Å². The lowest BCUT2D eigenvalue weighted by Gasteiger charge is -2.28. The van der Waals surface area contributed by atoms with Gasteiger partial charge < -0.3 is 5.11 Å². The molecule has 0 bridgehead atoms. The van der Waals surface area contributed by atoms with E-state index in [4.69, 9.17) is 23.2 Å². The number of carbonyl (C=O) groups is 1. The van der Waals surface area contributed by atoms with E-state index in [2.05, 4.69) is 15.2 Å². The molecule has 3 heterocycles. The molecule has 0 saturated heterocycles. The highest BCUT2D eigenvalue weighted by Crippen LogP contribution is 2.41. The van der Waals surface area contributed by atoms with Crippen molar-refractivity contribution in [2.45, 2.75) is 50.6 Å². The molecule has 0 atom stereocenters. The lowest BCUT2D eigenvalue weighted by atomic mass is 9.80. The van der Waals surface area contributed by atoms with Gasteiger partial charge in [-0.1, -0.05) is 29.3 Å². The summed E-state index contributed by atoms with van der Waals surface area (Å²) in [5.41, 5.74) is 2.80. The van der Waals surface area contributed by atoms with Gasteiger partial charge >= 0.3 is 6.09 Å². The standard InChI is InChI=1S/C22H21Cl2N5O2/c23-16-8-9-18-15(10-16)11-28(22(30)31)12-20-26-27-21(29(18)20)14-6-4-13(5-7-14)17-2-1-3-19(24)25-17/h1-3,8-10,13-14H,4-7,11-12H2,(H,30,31). The molecule has 9 heteroatoms. The number of halogens is 2. The summed E-state index contributed by atoms with van der Waals surface area (Å²) in [5.74, 6) is 2.16. The number of fused-ring (bicyclic) bond motifs is 3. The quantitative estimate of drug-likeness (QED) is 0.520. The van der Waals surface area contributed by atoms with Crippen LogP contribution in [-0.2, 0) is 13.1 Å². The molecule has 0 radical (unpaired) electrons. The van der Waals surface area contributed by atoms with Gasteiger partial charge in [-0.3, -0.25) is 9.47 Å². The Morgan fingerprint density at radius 2 is 1.77 bits per heavy atom. The third kappa shape index (κ3) is 3.88. The maximum atomic E-state index is 11.7. The lowest BCUT2D eigenvalue weighted by molar-refractivity contribution is 0.139. The molecule has 0 spiro atoms. The van der Waals surface area contributed by atoms with E-state index < -0.39 is 6.09 Å². The highest BCUT2D eigenvalue weighted by atomic mass is 35.5. The fourth-order valence-electron chi connectivity index (χ4n) is 4.72. The minimum absolute atomic E-state index is 0.191. The number of nitrogens with zero attached hydrogens (tertiary/aromatic N) is 5. The molecular formula is C22H21Cl2N5O2. The largest absolute Gasteiger partial charge is 0.465 e. The lowest BCUT2D eigenvalue weighted by Crippen LogP contribution is -2.27. The summed E-state index contributed by atoms with van der Waals surface area (Å²) < 4.78 is 2.04. The Balaban J connectivity index is 1.46. The molecule has 1 saturated carbocycles. The molecule has 1 aromatic carbocycles. The van der Waals surface area contributed by atoms with Crippen LogP contribution in [0.2, 0.25) is 10.2 Å². The van der Waals surface area contributed by atoms with Crippen LogP contribution in [0.3, 0.4) is 0 Å². The van der Waals surface area contributed by atoms with Crippen molar-refractivity contribution < 1.29 is 9.90 Å². The van der Waals surface area contributed by atoms with Crippen LogP contribution >= 0.6 is 23.2 Å². The molecule has 7 nitrogen and oxygen atoms in total. The van der Waals surface area contributed by atoms with Gasteiger partial charge in [-0.15, -0.1) is 10.2 Å². The summed E-state index contributed by atoms with van der Waals surface area (Å²) in [7, 11) is 0. The molecule has 2 aromatic heterocycles. The predicted octanol–water partition coefficient (Wildman–Crippen LogP) is 5.40. The molecule has 1 N–H and O–H groups in total.